The molecule has 0 aliphatic rings. The van der Waals surface area contributed by atoms with Gasteiger partial charge in [-0.15, -0.1) is 13.2 Å². The number of hydrogen-bond acceptors (Lipinski definition) is 4. The van der Waals surface area contributed by atoms with E-state index in [1.807, 2.05) is 0 Å². The summed E-state index contributed by atoms with van der Waals surface area (Å²) in [5.41, 5.74) is 0.363. The van der Waals surface area contributed by atoms with Crippen LogP contribution in [0.2, 0.25) is 0 Å². The van der Waals surface area contributed by atoms with Gasteiger partial charge in [0.05, 0.1) is 5.69 Å². The molecule has 2 aromatic carbocycles. The zero-order chi connectivity index (χ0) is 20.7. The number of alkyl halides is 3. The van der Waals surface area contributed by atoms with Crippen molar-refractivity contribution in [1.82, 2.24) is 0 Å². The summed E-state index contributed by atoms with van der Waals surface area (Å²) in [6, 6.07) is 10.3. The fraction of sp³-hybridized carbons (Fsp3) is 0.158. The van der Waals surface area contributed by atoms with Crippen LogP contribution in [0.1, 0.15) is 12.5 Å². The first-order valence-corrected chi connectivity index (χ1v) is 7.94. The van der Waals surface area contributed by atoms with Gasteiger partial charge in [-0.2, -0.15) is 0 Å². The summed E-state index contributed by atoms with van der Waals surface area (Å²) in [5, 5.41) is 2.29. The first-order valence-electron chi connectivity index (χ1n) is 7.94. The van der Waals surface area contributed by atoms with E-state index in [0.29, 0.717) is 5.56 Å². The lowest BCUT2D eigenvalue weighted by molar-refractivity contribution is -0.274. The Morgan fingerprint density at radius 1 is 1.07 bits per heavy atom. The van der Waals surface area contributed by atoms with Crippen molar-refractivity contribution in [2.24, 2.45) is 0 Å². The Hall–Kier alpha value is -3.36. The van der Waals surface area contributed by atoms with Crippen LogP contribution in [0.3, 0.4) is 0 Å². The SMILES string of the molecule is C[C@H](OC(=O)/C=C/c1ccc(OC(F)(F)F)cc1)C(=O)Nc1ccccc1F. The Morgan fingerprint density at radius 3 is 2.32 bits per heavy atom. The summed E-state index contributed by atoms with van der Waals surface area (Å²) < 4.78 is 58.4. The number of carbonyl (C=O) groups is 2. The molecule has 0 saturated heterocycles. The van der Waals surface area contributed by atoms with Crippen molar-refractivity contribution >= 4 is 23.6 Å². The Morgan fingerprint density at radius 2 is 1.71 bits per heavy atom. The molecule has 2 rings (SSSR count). The number of benzene rings is 2. The summed E-state index contributed by atoms with van der Waals surface area (Å²) in [6.45, 7) is 1.31. The Balaban J connectivity index is 1.88. The van der Waals surface area contributed by atoms with E-state index in [-0.39, 0.29) is 5.69 Å². The van der Waals surface area contributed by atoms with Crippen LogP contribution in [0.5, 0.6) is 5.75 Å². The summed E-state index contributed by atoms with van der Waals surface area (Å²) in [7, 11) is 0. The molecule has 0 radical (unpaired) electrons. The number of para-hydroxylation sites is 1. The van der Waals surface area contributed by atoms with Crippen LogP contribution in [-0.2, 0) is 14.3 Å². The maximum Gasteiger partial charge on any atom is 0.573 e. The third-order valence-electron chi connectivity index (χ3n) is 3.32. The van der Waals surface area contributed by atoms with Crippen molar-refractivity contribution < 1.29 is 36.6 Å². The van der Waals surface area contributed by atoms with E-state index in [1.165, 1.54) is 49.4 Å². The van der Waals surface area contributed by atoms with Crippen LogP contribution in [-0.4, -0.2) is 24.3 Å². The van der Waals surface area contributed by atoms with Gasteiger partial charge >= 0.3 is 12.3 Å². The monoisotopic (exact) mass is 397 g/mol. The minimum absolute atomic E-state index is 0.0490. The second kappa shape index (κ2) is 9.03. The third-order valence-corrected chi connectivity index (χ3v) is 3.32. The first-order chi connectivity index (χ1) is 13.1. The maximum absolute atomic E-state index is 13.5. The molecule has 1 atom stereocenters. The van der Waals surface area contributed by atoms with Crippen molar-refractivity contribution in [2.45, 2.75) is 19.4 Å². The Kier molecular flexibility index (Phi) is 6.75. The van der Waals surface area contributed by atoms with E-state index < -0.39 is 35.9 Å². The average Bonchev–Trinajstić information content (AvgIpc) is 2.61. The third kappa shape index (κ3) is 6.75. The molecule has 0 unspecified atom stereocenters. The van der Waals surface area contributed by atoms with Crippen LogP contribution in [0.15, 0.2) is 54.6 Å². The minimum atomic E-state index is -4.79. The van der Waals surface area contributed by atoms with Crippen LogP contribution in [0.4, 0.5) is 23.2 Å². The highest BCUT2D eigenvalue weighted by Crippen LogP contribution is 2.23. The van der Waals surface area contributed by atoms with E-state index in [4.69, 9.17) is 4.74 Å². The molecule has 9 heteroatoms. The highest BCUT2D eigenvalue weighted by atomic mass is 19.4. The number of ether oxygens (including phenoxy) is 2. The maximum atomic E-state index is 13.5. The van der Waals surface area contributed by atoms with Crippen molar-refractivity contribution in [2.75, 3.05) is 5.32 Å². The zero-order valence-electron chi connectivity index (χ0n) is 14.5. The molecular weight excluding hydrogens is 382 g/mol. The van der Waals surface area contributed by atoms with E-state index in [0.717, 1.165) is 18.2 Å². The lowest BCUT2D eigenvalue weighted by atomic mass is 10.2. The molecule has 0 aliphatic heterocycles. The highest BCUT2D eigenvalue weighted by Gasteiger charge is 2.30. The molecule has 0 bridgehead atoms. The normalized spacial score (nSPS) is 12.5. The molecule has 28 heavy (non-hydrogen) atoms. The van der Waals surface area contributed by atoms with Crippen LogP contribution in [0, 0.1) is 5.82 Å². The predicted octanol–water partition coefficient (Wildman–Crippen LogP) is 4.31. The van der Waals surface area contributed by atoms with Crippen LogP contribution in [0.25, 0.3) is 6.08 Å². The smallest absolute Gasteiger partial charge is 0.449 e. The average molecular weight is 397 g/mol. The summed E-state index contributed by atoms with van der Waals surface area (Å²) in [4.78, 5) is 23.7. The fourth-order valence-electron chi connectivity index (χ4n) is 2.01. The molecule has 0 aromatic heterocycles. The quantitative estimate of drug-likeness (QED) is 0.448. The summed E-state index contributed by atoms with van der Waals surface area (Å²) in [6.07, 6.45) is -3.69. The lowest BCUT2D eigenvalue weighted by Crippen LogP contribution is -2.29. The summed E-state index contributed by atoms with van der Waals surface area (Å²) >= 11 is 0. The van der Waals surface area contributed by atoms with Gasteiger partial charge in [0.25, 0.3) is 5.91 Å². The second-order valence-electron chi connectivity index (χ2n) is 5.50. The number of rotatable bonds is 6. The van der Waals surface area contributed by atoms with Gasteiger partial charge < -0.3 is 14.8 Å². The number of hydrogen-bond donors (Lipinski definition) is 1. The molecule has 148 valence electrons. The molecule has 0 aliphatic carbocycles. The number of anilines is 1. The largest absolute Gasteiger partial charge is 0.573 e. The standard InChI is InChI=1S/C19H15F4NO4/c1-12(18(26)24-16-5-3-2-4-15(16)20)27-17(25)11-8-13-6-9-14(10-7-13)28-19(21,22)23/h2-12H,1H3,(H,24,26)/b11-8+/t12-/m0/s1. The van der Waals surface area contributed by atoms with Crippen molar-refractivity contribution in [3.63, 3.8) is 0 Å². The van der Waals surface area contributed by atoms with E-state index in [1.54, 1.807) is 0 Å². The van der Waals surface area contributed by atoms with Gasteiger partial charge in [-0.25, -0.2) is 9.18 Å². The van der Waals surface area contributed by atoms with Gasteiger partial charge in [0.1, 0.15) is 11.6 Å². The number of esters is 1. The van der Waals surface area contributed by atoms with Crippen LogP contribution >= 0.6 is 0 Å². The van der Waals surface area contributed by atoms with Crippen molar-refractivity contribution in [3.05, 3.63) is 66.0 Å². The topological polar surface area (TPSA) is 64.6 Å². The number of carbonyl (C=O) groups excluding carboxylic acids is 2. The zero-order valence-corrected chi connectivity index (χ0v) is 14.5. The van der Waals surface area contributed by atoms with Gasteiger partial charge in [-0.1, -0.05) is 24.3 Å². The van der Waals surface area contributed by atoms with E-state index in [9.17, 15) is 27.2 Å². The second-order valence-corrected chi connectivity index (χ2v) is 5.50. The minimum Gasteiger partial charge on any atom is -0.449 e. The first kappa shape index (κ1) is 20.9. The van der Waals surface area contributed by atoms with Gasteiger partial charge in [0.2, 0.25) is 0 Å². The molecule has 0 spiro atoms. The lowest BCUT2D eigenvalue weighted by Gasteiger charge is -2.12. The molecule has 1 amide bonds. The molecule has 0 heterocycles. The molecule has 0 saturated carbocycles. The Bertz CT molecular complexity index is 863. The Labute approximate surface area is 157 Å². The van der Waals surface area contributed by atoms with Gasteiger partial charge in [-0.3, -0.25) is 4.79 Å². The molecule has 2 aromatic rings. The summed E-state index contributed by atoms with van der Waals surface area (Å²) in [5.74, 6) is -2.61. The van der Waals surface area contributed by atoms with E-state index in [2.05, 4.69) is 10.1 Å². The molecule has 1 N–H and O–H groups in total. The number of amides is 1. The van der Waals surface area contributed by atoms with Gasteiger partial charge in [-0.05, 0) is 42.8 Å². The number of halogens is 4. The molecule has 0 fully saturated rings. The molecular formula is C19H15F4NO4. The number of nitrogens with one attached hydrogen (secondary N) is 1. The predicted molar refractivity (Wildman–Crippen MR) is 92.7 cm³/mol. The van der Waals surface area contributed by atoms with Crippen molar-refractivity contribution in [1.29, 1.82) is 0 Å². The van der Waals surface area contributed by atoms with E-state index >= 15 is 0 Å². The van der Waals surface area contributed by atoms with Crippen molar-refractivity contribution in [3.8, 4) is 5.75 Å². The highest BCUT2D eigenvalue weighted by molar-refractivity contribution is 5.96. The molecule has 5 nitrogen and oxygen atoms in total. The van der Waals surface area contributed by atoms with Gasteiger partial charge in [0, 0.05) is 6.08 Å². The fourth-order valence-corrected chi connectivity index (χ4v) is 2.01. The van der Waals surface area contributed by atoms with Gasteiger partial charge in [0.15, 0.2) is 6.10 Å². The van der Waals surface area contributed by atoms with Crippen LogP contribution < -0.4 is 10.1 Å².